The first-order valence-electron chi connectivity index (χ1n) is 5.50. The molecule has 1 nitrogen and oxygen atoms in total. The molecule has 0 bridgehead atoms. The van der Waals surface area contributed by atoms with Gasteiger partial charge in [0.05, 0.1) is 0 Å². The summed E-state index contributed by atoms with van der Waals surface area (Å²) in [5.74, 6) is -1.80. The molecule has 0 aliphatic carbocycles. The van der Waals surface area contributed by atoms with Gasteiger partial charge in [0, 0.05) is 18.2 Å². The Labute approximate surface area is 103 Å². The second kappa shape index (κ2) is 5.23. The number of rotatable bonds is 3. The second-order valence-corrected chi connectivity index (χ2v) is 3.96. The van der Waals surface area contributed by atoms with Crippen molar-refractivity contribution in [3.8, 4) is 11.1 Å². The topological polar surface area (TPSA) is 12.0 Å². The van der Waals surface area contributed by atoms with E-state index >= 15 is 0 Å². The number of benzene rings is 2. The smallest absolute Gasteiger partial charge is 0.133 e. The molecular weight excluding hydrogens is 239 g/mol. The van der Waals surface area contributed by atoms with Gasteiger partial charge in [-0.25, -0.2) is 13.2 Å². The predicted octanol–water partition coefficient (Wildman–Crippen LogP) is 3.49. The molecule has 0 radical (unpaired) electrons. The van der Waals surface area contributed by atoms with Crippen molar-refractivity contribution in [1.82, 2.24) is 5.32 Å². The van der Waals surface area contributed by atoms with Gasteiger partial charge in [-0.15, -0.1) is 0 Å². The zero-order valence-electron chi connectivity index (χ0n) is 9.81. The zero-order chi connectivity index (χ0) is 13.1. The summed E-state index contributed by atoms with van der Waals surface area (Å²) >= 11 is 0. The fourth-order valence-electron chi connectivity index (χ4n) is 1.85. The van der Waals surface area contributed by atoms with E-state index in [-0.39, 0.29) is 5.56 Å². The Morgan fingerprint density at radius 1 is 0.889 bits per heavy atom. The van der Waals surface area contributed by atoms with Gasteiger partial charge >= 0.3 is 0 Å². The lowest BCUT2D eigenvalue weighted by Gasteiger charge is -2.10. The van der Waals surface area contributed by atoms with Gasteiger partial charge < -0.3 is 5.32 Å². The Morgan fingerprint density at radius 3 is 2.22 bits per heavy atom. The minimum atomic E-state index is -0.696. The van der Waals surface area contributed by atoms with Crippen LogP contribution in [-0.4, -0.2) is 7.05 Å². The van der Waals surface area contributed by atoms with E-state index in [0.29, 0.717) is 12.1 Å². The minimum absolute atomic E-state index is 0.196. The van der Waals surface area contributed by atoms with Crippen molar-refractivity contribution >= 4 is 0 Å². The highest BCUT2D eigenvalue weighted by Crippen LogP contribution is 2.27. The SMILES string of the molecule is CNCc1ccc(F)cc1-c1ccc(F)cc1F. The highest BCUT2D eigenvalue weighted by molar-refractivity contribution is 5.68. The van der Waals surface area contributed by atoms with Crippen LogP contribution >= 0.6 is 0 Å². The van der Waals surface area contributed by atoms with Gasteiger partial charge in [0.15, 0.2) is 0 Å². The van der Waals surface area contributed by atoms with Crippen LogP contribution < -0.4 is 5.32 Å². The molecule has 18 heavy (non-hydrogen) atoms. The Bertz CT molecular complexity index is 567. The summed E-state index contributed by atoms with van der Waals surface area (Å²) in [7, 11) is 1.74. The van der Waals surface area contributed by atoms with Crippen LogP contribution in [0, 0.1) is 17.5 Å². The Balaban J connectivity index is 2.57. The normalized spacial score (nSPS) is 10.7. The summed E-state index contributed by atoms with van der Waals surface area (Å²) in [4.78, 5) is 0. The van der Waals surface area contributed by atoms with E-state index in [1.165, 1.54) is 18.2 Å². The van der Waals surface area contributed by atoms with Gasteiger partial charge in [0.1, 0.15) is 17.5 Å². The predicted molar refractivity (Wildman–Crippen MR) is 64.5 cm³/mol. The maximum atomic E-state index is 13.7. The van der Waals surface area contributed by atoms with E-state index in [9.17, 15) is 13.2 Å². The van der Waals surface area contributed by atoms with Crippen molar-refractivity contribution in [3.05, 3.63) is 59.4 Å². The van der Waals surface area contributed by atoms with Crippen LogP contribution in [0.25, 0.3) is 11.1 Å². The first-order chi connectivity index (χ1) is 8.61. The van der Waals surface area contributed by atoms with Crippen molar-refractivity contribution < 1.29 is 13.2 Å². The first kappa shape index (κ1) is 12.6. The highest BCUT2D eigenvalue weighted by Gasteiger charge is 2.11. The summed E-state index contributed by atoms with van der Waals surface area (Å²) in [5.41, 5.74) is 1.38. The van der Waals surface area contributed by atoms with Crippen LogP contribution in [0.4, 0.5) is 13.2 Å². The first-order valence-corrected chi connectivity index (χ1v) is 5.50. The average molecular weight is 251 g/mol. The molecule has 1 N–H and O–H groups in total. The molecule has 0 fully saturated rings. The monoisotopic (exact) mass is 251 g/mol. The third-order valence-electron chi connectivity index (χ3n) is 2.66. The molecule has 0 spiro atoms. The van der Waals surface area contributed by atoms with E-state index in [1.54, 1.807) is 13.1 Å². The molecule has 94 valence electrons. The van der Waals surface area contributed by atoms with Crippen molar-refractivity contribution in [2.75, 3.05) is 7.05 Å². The van der Waals surface area contributed by atoms with Crippen LogP contribution in [0.1, 0.15) is 5.56 Å². The highest BCUT2D eigenvalue weighted by atomic mass is 19.1. The van der Waals surface area contributed by atoms with E-state index in [4.69, 9.17) is 0 Å². The van der Waals surface area contributed by atoms with Gasteiger partial charge in [-0.2, -0.15) is 0 Å². The largest absolute Gasteiger partial charge is 0.316 e. The lowest BCUT2D eigenvalue weighted by Crippen LogP contribution is -2.07. The molecule has 2 rings (SSSR count). The molecule has 0 amide bonds. The second-order valence-electron chi connectivity index (χ2n) is 3.96. The van der Waals surface area contributed by atoms with E-state index in [2.05, 4.69) is 5.32 Å². The van der Waals surface area contributed by atoms with Crippen molar-refractivity contribution in [2.24, 2.45) is 0 Å². The van der Waals surface area contributed by atoms with E-state index in [1.807, 2.05) is 0 Å². The number of hydrogen-bond donors (Lipinski definition) is 1. The number of nitrogens with one attached hydrogen (secondary N) is 1. The number of hydrogen-bond acceptors (Lipinski definition) is 1. The zero-order valence-corrected chi connectivity index (χ0v) is 9.81. The molecule has 0 saturated heterocycles. The fraction of sp³-hybridized carbons (Fsp3) is 0.143. The Morgan fingerprint density at radius 2 is 1.56 bits per heavy atom. The standard InChI is InChI=1S/C14H12F3N/c1-18-8-9-2-3-10(15)6-13(9)12-5-4-11(16)7-14(12)17/h2-7,18H,8H2,1H3. The molecule has 0 aliphatic rings. The maximum absolute atomic E-state index is 13.7. The molecule has 2 aromatic rings. The molecule has 0 aliphatic heterocycles. The summed E-state index contributed by atoms with van der Waals surface area (Å²) < 4.78 is 39.8. The molecule has 0 aromatic heterocycles. The van der Waals surface area contributed by atoms with Crippen LogP contribution in [-0.2, 0) is 6.54 Å². The van der Waals surface area contributed by atoms with Crippen molar-refractivity contribution in [3.63, 3.8) is 0 Å². The van der Waals surface area contributed by atoms with Crippen LogP contribution in [0.2, 0.25) is 0 Å². The lowest BCUT2D eigenvalue weighted by molar-refractivity contribution is 0.585. The Hall–Kier alpha value is -1.81. The summed E-state index contributed by atoms with van der Waals surface area (Å²) in [6, 6.07) is 7.43. The van der Waals surface area contributed by atoms with Crippen LogP contribution in [0.3, 0.4) is 0 Å². The molecule has 0 unspecified atom stereocenters. The maximum Gasteiger partial charge on any atom is 0.133 e. The van der Waals surface area contributed by atoms with Gasteiger partial charge in [0.25, 0.3) is 0 Å². The summed E-state index contributed by atoms with van der Waals surface area (Å²) in [6.07, 6.45) is 0. The van der Waals surface area contributed by atoms with Gasteiger partial charge in [-0.1, -0.05) is 6.07 Å². The Kier molecular flexibility index (Phi) is 3.67. The quantitative estimate of drug-likeness (QED) is 0.880. The molecular formula is C14H12F3N. The van der Waals surface area contributed by atoms with E-state index in [0.717, 1.165) is 17.7 Å². The number of halogens is 3. The van der Waals surface area contributed by atoms with Gasteiger partial charge in [0.2, 0.25) is 0 Å². The molecule has 0 atom stereocenters. The average Bonchev–Trinajstić information content (AvgIpc) is 2.32. The van der Waals surface area contributed by atoms with Gasteiger partial charge in [-0.3, -0.25) is 0 Å². The van der Waals surface area contributed by atoms with Crippen LogP contribution in [0.15, 0.2) is 36.4 Å². The van der Waals surface area contributed by atoms with Crippen LogP contribution in [0.5, 0.6) is 0 Å². The third kappa shape index (κ3) is 2.54. The molecule has 0 heterocycles. The van der Waals surface area contributed by atoms with Gasteiger partial charge in [-0.05, 0) is 42.4 Å². The fourth-order valence-corrected chi connectivity index (χ4v) is 1.85. The molecule has 0 saturated carbocycles. The molecule has 2 aromatic carbocycles. The van der Waals surface area contributed by atoms with E-state index < -0.39 is 17.5 Å². The molecule has 4 heteroatoms. The third-order valence-corrected chi connectivity index (χ3v) is 2.66. The summed E-state index contributed by atoms with van der Waals surface area (Å²) in [6.45, 7) is 0.479. The van der Waals surface area contributed by atoms with Crippen molar-refractivity contribution in [1.29, 1.82) is 0 Å². The van der Waals surface area contributed by atoms with Crippen molar-refractivity contribution in [2.45, 2.75) is 6.54 Å². The lowest BCUT2D eigenvalue weighted by atomic mass is 9.99. The minimum Gasteiger partial charge on any atom is -0.316 e. The summed E-state index contributed by atoms with van der Waals surface area (Å²) in [5, 5.41) is 2.93.